The molecule has 4 heterocycles. The lowest BCUT2D eigenvalue weighted by Gasteiger charge is -2.20. The summed E-state index contributed by atoms with van der Waals surface area (Å²) < 4.78 is 88.6. The second-order valence-electron chi connectivity index (χ2n) is 29.0. The number of fused-ring (bicyclic) bond motifs is 2. The second-order valence-corrected chi connectivity index (χ2v) is 32.3. The predicted octanol–water partition coefficient (Wildman–Crippen LogP) is 1.20. The molecule has 0 aliphatic heterocycles. The van der Waals surface area contributed by atoms with Crippen LogP contribution in [0.25, 0.3) is 21.8 Å². The fourth-order valence-corrected chi connectivity index (χ4v) is 16.6. The van der Waals surface area contributed by atoms with Gasteiger partial charge < -0.3 is 96.1 Å². The maximum Gasteiger partial charge on any atom is 0.325 e. The third kappa shape index (κ3) is 26.0. The van der Waals surface area contributed by atoms with Crippen LogP contribution < -0.4 is 88.7 Å². The fourth-order valence-electron chi connectivity index (χ4n) is 13.3. The lowest BCUT2D eigenvalue weighted by atomic mass is 10.1. The molecule has 0 spiro atoms. The third-order valence-corrected chi connectivity index (χ3v) is 23.2. The van der Waals surface area contributed by atoms with Crippen LogP contribution in [0.5, 0.6) is 11.5 Å². The Hall–Kier alpha value is -12.6. The molecule has 8 amide bonds. The highest BCUT2D eigenvalue weighted by Crippen LogP contribution is 2.29. The zero-order valence-corrected chi connectivity index (χ0v) is 71.7. The standard InChI is InChI=1S/C81H107N19O20S2/c1-13-60(76(109)85-27-25-83-66(101)17-15-33-119-53-35-47(3)71(48(4)36-53)121(113,114)95-62(78(111)117-11)43-89-73(106)57-45-99(9)64-39-51(19-21-55(64)69(57)104)41-91-80-87-29-31-97(80)7)93-68(103)24-23-59(82)75(108)94-61(14-2)77(110)86-28-26-84-67(102)18-16-34-120-54-37-49(5)72(50(6)38-54)122(115,116)96-63(79(112)118-12)44-90-74(107)58-46-100(10)65-40-52(20-22-56(65)70(58)105)42-92-81-88-30-32-98(81)8/h19-22,29-32,35-40,45-46,59-63,95-96H,13-18,23-28,33-34,41-44,82H2,1-12H3,(H,83,101)(H,84,102)(H,85,109)(H,86,110)(H,87,91)(H,88,92)(H,89,106)(H,90,107)(H,93,103)(H,94,108)/t59-,60-,61-,62-,63-/m0/s1. The van der Waals surface area contributed by atoms with Crippen molar-refractivity contribution in [2.45, 2.75) is 146 Å². The van der Waals surface area contributed by atoms with Crippen molar-refractivity contribution in [3.05, 3.63) is 163 Å². The minimum atomic E-state index is -4.46. The number of hydrogen-bond acceptors (Lipinski definition) is 25. The van der Waals surface area contributed by atoms with Crippen LogP contribution in [0.1, 0.15) is 119 Å². The Labute approximate surface area is 704 Å². The minimum Gasteiger partial charge on any atom is -0.494 e. The Morgan fingerprint density at radius 1 is 0.475 bits per heavy atom. The first-order chi connectivity index (χ1) is 58.0. The van der Waals surface area contributed by atoms with E-state index in [4.69, 9.17) is 24.7 Å². The van der Waals surface area contributed by atoms with E-state index in [1.54, 1.807) is 86.1 Å². The number of sulfonamides is 2. The summed E-state index contributed by atoms with van der Waals surface area (Å²) >= 11 is 0. The molecule has 4 aromatic heterocycles. The van der Waals surface area contributed by atoms with Crippen LogP contribution in [0.3, 0.4) is 0 Å². The van der Waals surface area contributed by atoms with Crippen LogP contribution in [-0.2, 0) is 109 Å². The number of ether oxygens (including phenoxy) is 4. The van der Waals surface area contributed by atoms with Gasteiger partial charge in [0.1, 0.15) is 46.8 Å². The van der Waals surface area contributed by atoms with Gasteiger partial charge in [-0.05, 0) is 142 Å². The van der Waals surface area contributed by atoms with E-state index in [0.717, 1.165) is 25.3 Å². The molecule has 0 fully saturated rings. The maximum atomic E-state index is 13.9. The first-order valence-electron chi connectivity index (χ1n) is 39.3. The number of methoxy groups -OCH3 is 2. The number of nitrogens with one attached hydrogen (secondary N) is 12. The molecule has 0 aliphatic rings. The van der Waals surface area contributed by atoms with E-state index in [1.807, 2.05) is 35.4 Å². The molecule has 41 heteroatoms. The second kappa shape index (κ2) is 44.1. The number of imidazole rings is 2. The number of aryl methyl sites for hydroxylation is 8. The third-order valence-electron chi connectivity index (χ3n) is 19.7. The first-order valence-corrected chi connectivity index (χ1v) is 42.3. The average molecular weight is 1730 g/mol. The number of esters is 2. The smallest absolute Gasteiger partial charge is 0.325 e. The predicted molar refractivity (Wildman–Crippen MR) is 451 cm³/mol. The monoisotopic (exact) mass is 1730 g/mol. The Morgan fingerprint density at radius 2 is 0.861 bits per heavy atom. The van der Waals surface area contributed by atoms with Crippen LogP contribution in [0.15, 0.2) is 117 Å². The minimum absolute atomic E-state index is 0.00710. The highest BCUT2D eigenvalue weighted by molar-refractivity contribution is 7.90. The van der Waals surface area contributed by atoms with Gasteiger partial charge in [0.2, 0.25) is 78.2 Å². The van der Waals surface area contributed by atoms with Gasteiger partial charge >= 0.3 is 11.9 Å². The van der Waals surface area contributed by atoms with Gasteiger partial charge in [-0.25, -0.2) is 26.8 Å². The van der Waals surface area contributed by atoms with Crippen molar-refractivity contribution in [2.24, 2.45) is 33.9 Å². The van der Waals surface area contributed by atoms with E-state index in [1.165, 1.54) is 64.4 Å². The van der Waals surface area contributed by atoms with Crippen molar-refractivity contribution in [1.82, 2.24) is 80.2 Å². The van der Waals surface area contributed by atoms with Gasteiger partial charge in [-0.1, -0.05) is 26.0 Å². The van der Waals surface area contributed by atoms with Crippen LogP contribution in [-0.4, -0.2) is 201 Å². The van der Waals surface area contributed by atoms with E-state index >= 15 is 0 Å². The zero-order chi connectivity index (χ0) is 89.3. The summed E-state index contributed by atoms with van der Waals surface area (Å²) in [5.41, 5.74) is 8.32. The topological polar surface area (TPSA) is 526 Å². The summed E-state index contributed by atoms with van der Waals surface area (Å²) in [6.45, 7) is 9.35. The molecule has 39 nitrogen and oxygen atoms in total. The fraction of sp³-hybridized carbons (Fsp3) is 0.432. The number of carbonyl (C=O) groups is 10. The molecule has 0 bridgehead atoms. The van der Waals surface area contributed by atoms with Crippen molar-refractivity contribution in [3.8, 4) is 11.5 Å². The quantitative estimate of drug-likeness (QED) is 0.0188. The van der Waals surface area contributed by atoms with E-state index in [9.17, 15) is 74.4 Å². The van der Waals surface area contributed by atoms with Crippen LogP contribution in [0.2, 0.25) is 0 Å². The number of benzene rings is 4. The van der Waals surface area contributed by atoms with Crippen LogP contribution in [0, 0.1) is 27.7 Å². The molecule has 0 radical (unpaired) electrons. The summed E-state index contributed by atoms with van der Waals surface area (Å²) in [4.78, 5) is 166. The molecule has 0 saturated heterocycles. The van der Waals surface area contributed by atoms with Crippen LogP contribution in [0.4, 0.5) is 11.9 Å². The molecule has 5 atom stereocenters. The Bertz CT molecular complexity index is 5510. The molecular weight excluding hydrogens is 1620 g/mol. The molecule has 658 valence electrons. The van der Waals surface area contributed by atoms with Crippen molar-refractivity contribution in [1.29, 1.82) is 0 Å². The van der Waals surface area contributed by atoms with Gasteiger partial charge in [-0.3, -0.25) is 57.5 Å². The van der Waals surface area contributed by atoms with Gasteiger partial charge in [0, 0.05) is 148 Å². The highest BCUT2D eigenvalue weighted by atomic mass is 32.2. The zero-order valence-electron chi connectivity index (χ0n) is 70.1. The number of nitrogens with zero attached hydrogens (tertiary/aromatic N) is 6. The summed E-state index contributed by atoms with van der Waals surface area (Å²) in [5, 5.41) is 27.9. The lowest BCUT2D eigenvalue weighted by Crippen LogP contribution is -2.52. The molecule has 0 saturated carbocycles. The van der Waals surface area contributed by atoms with Crippen molar-refractivity contribution >= 4 is 113 Å². The number of rotatable bonds is 46. The van der Waals surface area contributed by atoms with E-state index < -0.39 is 122 Å². The van der Waals surface area contributed by atoms with Gasteiger partial charge in [0.15, 0.2) is 0 Å². The van der Waals surface area contributed by atoms with Crippen molar-refractivity contribution < 1.29 is 83.7 Å². The molecular formula is C81H107N19O20S2. The Morgan fingerprint density at radius 3 is 1.23 bits per heavy atom. The first kappa shape index (κ1) is 94.9. The van der Waals surface area contributed by atoms with Crippen LogP contribution >= 0.6 is 0 Å². The highest BCUT2D eigenvalue weighted by Gasteiger charge is 2.33. The lowest BCUT2D eigenvalue weighted by molar-refractivity contribution is -0.143. The van der Waals surface area contributed by atoms with Gasteiger partial charge in [0.25, 0.3) is 11.8 Å². The van der Waals surface area contributed by atoms with Gasteiger partial charge in [0.05, 0.1) is 54.3 Å². The molecule has 0 aliphatic carbocycles. The Kier molecular flexibility index (Phi) is 34.3. The Balaban J connectivity index is 0.668. The number of anilines is 2. The molecule has 8 aromatic rings. The summed E-state index contributed by atoms with van der Waals surface area (Å²) in [6.07, 6.45) is 10.2. The number of nitrogens with two attached hydrogens (primary N) is 1. The SMILES string of the molecule is CC[C@H](NC(=O)CC[C@H](N)C(=O)N[C@@H](CC)C(=O)NCCNC(=O)CCCOc1cc(C)c(S(=O)(=O)N[C@@H](CNC(=O)c2cn(C)c3cc(CNc4nccn4C)ccc3c2=O)C(=O)OC)c(C)c1)C(=O)NCCNC(=O)CCCOc1cc(C)c(S(=O)(=O)N[C@@H](CNC(=O)c2cn(C)c3cc(CNc4nccn4C)ccc3c2=O)C(=O)OC)c(C)c1. The number of pyridine rings is 2. The van der Waals surface area contributed by atoms with E-state index in [0.29, 0.717) is 47.5 Å². The molecule has 8 rings (SSSR count). The maximum absolute atomic E-state index is 13.9. The van der Waals surface area contributed by atoms with Gasteiger partial charge in [-0.2, -0.15) is 9.44 Å². The summed E-state index contributed by atoms with van der Waals surface area (Å²) in [5.74, 6) is -4.86. The number of hydrogen-bond donors (Lipinski definition) is 13. The molecule has 4 aromatic carbocycles. The normalized spacial score (nSPS) is 12.7. The van der Waals surface area contributed by atoms with E-state index in [2.05, 4.69) is 72.6 Å². The van der Waals surface area contributed by atoms with E-state index in [-0.39, 0.29) is 157 Å². The summed E-state index contributed by atoms with van der Waals surface area (Å²) in [6, 6.07) is 9.87. The average Bonchev–Trinajstić information content (AvgIpc) is 1.05. The largest absolute Gasteiger partial charge is 0.494 e. The number of carbonyl (C=O) groups excluding carboxylic acids is 10. The van der Waals surface area contributed by atoms with Crippen molar-refractivity contribution in [3.63, 3.8) is 0 Å². The van der Waals surface area contributed by atoms with Gasteiger partial charge in [-0.15, -0.1) is 0 Å². The van der Waals surface area contributed by atoms with Crippen molar-refractivity contribution in [2.75, 3.05) is 77.3 Å². The molecule has 122 heavy (non-hydrogen) atoms. The molecule has 0 unspecified atom stereocenters. The number of aromatic nitrogens is 6. The molecule has 14 N–H and O–H groups in total. The summed E-state index contributed by atoms with van der Waals surface area (Å²) in [7, 11) is 0.226. The number of amides is 8.